The van der Waals surface area contributed by atoms with Gasteiger partial charge in [0.15, 0.2) is 0 Å². The van der Waals surface area contributed by atoms with Crippen LogP contribution in [-0.4, -0.2) is 46.0 Å². The van der Waals surface area contributed by atoms with Crippen LogP contribution in [0.3, 0.4) is 0 Å². The number of amides is 2. The summed E-state index contributed by atoms with van der Waals surface area (Å²) < 4.78 is 14.7. The third-order valence-corrected chi connectivity index (χ3v) is 6.39. The van der Waals surface area contributed by atoms with Gasteiger partial charge in [0.25, 0.3) is 11.5 Å². The number of aromatic amines is 1. The van der Waals surface area contributed by atoms with Crippen LogP contribution in [0.5, 0.6) is 0 Å². The zero-order valence-electron chi connectivity index (χ0n) is 19.1. The molecular weight excluding hydrogens is 459 g/mol. The highest BCUT2D eigenvalue weighted by atomic mass is 35.5. The molecule has 0 radical (unpaired) electrons. The van der Waals surface area contributed by atoms with Crippen LogP contribution in [0.25, 0.3) is 0 Å². The minimum absolute atomic E-state index is 0.104. The summed E-state index contributed by atoms with van der Waals surface area (Å²) in [7, 11) is 0. The fourth-order valence-corrected chi connectivity index (χ4v) is 4.37. The number of aromatic nitrogens is 2. The molecule has 4 rings (SSSR count). The van der Waals surface area contributed by atoms with Gasteiger partial charge in [-0.2, -0.15) is 5.10 Å². The van der Waals surface area contributed by atoms with Crippen LogP contribution in [0.2, 0.25) is 5.02 Å². The summed E-state index contributed by atoms with van der Waals surface area (Å²) in [6.07, 6.45) is 0.321. The van der Waals surface area contributed by atoms with Gasteiger partial charge in [0.2, 0.25) is 5.91 Å². The number of halogens is 2. The van der Waals surface area contributed by atoms with Crippen LogP contribution in [-0.2, 0) is 11.2 Å². The molecule has 1 saturated heterocycles. The molecular formula is C25H24ClFN4O3. The molecule has 1 unspecified atom stereocenters. The Bertz CT molecular complexity index is 1340. The lowest BCUT2D eigenvalue weighted by Gasteiger charge is -2.39. The van der Waals surface area contributed by atoms with Gasteiger partial charge in [0.05, 0.1) is 17.3 Å². The smallest absolute Gasteiger partial charge is 0.267 e. The van der Waals surface area contributed by atoms with Crippen molar-refractivity contribution >= 4 is 29.1 Å². The fraction of sp³-hybridized carbons (Fsp3) is 0.280. The van der Waals surface area contributed by atoms with Crippen molar-refractivity contribution in [3.63, 3.8) is 0 Å². The number of nitrogens with zero attached hydrogens (tertiary/aromatic N) is 3. The van der Waals surface area contributed by atoms with Crippen LogP contribution in [0, 0.1) is 19.7 Å². The highest BCUT2D eigenvalue weighted by molar-refractivity contribution is 6.31. The number of H-pyrrole nitrogens is 1. The van der Waals surface area contributed by atoms with Crippen molar-refractivity contribution in [2.24, 2.45) is 0 Å². The van der Waals surface area contributed by atoms with Gasteiger partial charge in [-0.3, -0.25) is 14.4 Å². The van der Waals surface area contributed by atoms with E-state index in [1.807, 2.05) is 6.92 Å². The van der Waals surface area contributed by atoms with Gasteiger partial charge in [-0.25, -0.2) is 9.49 Å². The average Bonchev–Trinajstić information content (AvgIpc) is 2.79. The van der Waals surface area contributed by atoms with E-state index >= 15 is 0 Å². The first kappa shape index (κ1) is 23.6. The maximum absolute atomic E-state index is 14.7. The number of nitrogens with one attached hydrogen (secondary N) is 1. The molecule has 9 heteroatoms. The molecule has 1 fully saturated rings. The molecule has 2 heterocycles. The van der Waals surface area contributed by atoms with Crippen LogP contribution in [0.4, 0.5) is 10.1 Å². The molecule has 176 valence electrons. The molecule has 1 N–H and O–H groups in total. The van der Waals surface area contributed by atoms with Crippen LogP contribution in [0.1, 0.15) is 39.7 Å². The van der Waals surface area contributed by atoms with Gasteiger partial charge in [-0.05, 0) is 62.2 Å². The highest BCUT2D eigenvalue weighted by Crippen LogP contribution is 2.26. The lowest BCUT2D eigenvalue weighted by Crippen LogP contribution is -2.57. The van der Waals surface area contributed by atoms with Crippen LogP contribution in [0.15, 0.2) is 47.3 Å². The Morgan fingerprint density at radius 1 is 1.18 bits per heavy atom. The maximum atomic E-state index is 14.7. The predicted octanol–water partition coefficient (Wildman–Crippen LogP) is 3.65. The number of piperazine rings is 1. The third kappa shape index (κ3) is 4.59. The van der Waals surface area contributed by atoms with Crippen molar-refractivity contribution in [1.82, 2.24) is 15.1 Å². The third-order valence-electron chi connectivity index (χ3n) is 6.15. The van der Waals surface area contributed by atoms with Gasteiger partial charge in [-0.1, -0.05) is 23.7 Å². The number of anilines is 1. The van der Waals surface area contributed by atoms with Crippen molar-refractivity contribution < 1.29 is 14.0 Å². The number of rotatable bonds is 4. The first-order valence-electron chi connectivity index (χ1n) is 10.9. The SMILES string of the molecule is Cc1c(Cc2ccc(F)c(C(=O)N3CC(=O)N(c4cccc(Cl)c4)C(C)C3)c2)n[nH]c(=O)c1C. The Labute approximate surface area is 201 Å². The fourth-order valence-electron chi connectivity index (χ4n) is 4.18. The summed E-state index contributed by atoms with van der Waals surface area (Å²) >= 11 is 6.07. The zero-order valence-corrected chi connectivity index (χ0v) is 19.8. The zero-order chi connectivity index (χ0) is 24.6. The van der Waals surface area contributed by atoms with E-state index in [4.69, 9.17) is 11.6 Å². The largest absolute Gasteiger partial charge is 0.327 e. The molecule has 2 amide bonds. The Morgan fingerprint density at radius 3 is 2.65 bits per heavy atom. The van der Waals surface area contributed by atoms with Crippen molar-refractivity contribution in [2.75, 3.05) is 18.0 Å². The minimum atomic E-state index is -0.659. The monoisotopic (exact) mass is 482 g/mol. The van der Waals surface area contributed by atoms with Gasteiger partial charge in [0, 0.05) is 29.2 Å². The second-order valence-corrected chi connectivity index (χ2v) is 8.96. The van der Waals surface area contributed by atoms with E-state index < -0.39 is 11.7 Å². The maximum Gasteiger partial charge on any atom is 0.267 e. The van der Waals surface area contributed by atoms with E-state index in [1.54, 1.807) is 49.1 Å². The first-order valence-corrected chi connectivity index (χ1v) is 11.2. The summed E-state index contributed by atoms with van der Waals surface area (Å²) in [4.78, 5) is 40.8. The van der Waals surface area contributed by atoms with E-state index in [1.165, 1.54) is 17.0 Å². The van der Waals surface area contributed by atoms with Crippen molar-refractivity contribution in [3.8, 4) is 0 Å². The molecule has 7 nitrogen and oxygen atoms in total. The van der Waals surface area contributed by atoms with Crippen LogP contribution >= 0.6 is 11.6 Å². The quantitative estimate of drug-likeness (QED) is 0.615. The van der Waals surface area contributed by atoms with E-state index in [9.17, 15) is 18.8 Å². The average molecular weight is 483 g/mol. The lowest BCUT2D eigenvalue weighted by atomic mass is 10.0. The summed E-state index contributed by atoms with van der Waals surface area (Å²) in [5.41, 5.74) is 2.92. The molecule has 0 bridgehead atoms. The standard InChI is InChI=1S/C25H24ClFN4O3/c1-14-12-30(13-23(32)31(14)19-6-4-5-18(26)11-19)25(34)20-9-17(7-8-21(20)27)10-22-15(2)16(3)24(33)29-28-22/h4-9,11,14H,10,12-13H2,1-3H3,(H,29,33). The molecule has 1 aliphatic rings. The molecule has 2 aromatic carbocycles. The second-order valence-electron chi connectivity index (χ2n) is 8.52. The number of benzene rings is 2. The molecule has 34 heavy (non-hydrogen) atoms. The molecule has 1 atom stereocenters. The lowest BCUT2D eigenvalue weighted by molar-refractivity contribution is -0.121. The van der Waals surface area contributed by atoms with Crippen molar-refractivity contribution in [3.05, 3.63) is 91.6 Å². The molecule has 0 aliphatic carbocycles. The van der Waals surface area contributed by atoms with Crippen molar-refractivity contribution in [2.45, 2.75) is 33.2 Å². The van der Waals surface area contributed by atoms with Crippen molar-refractivity contribution in [1.29, 1.82) is 0 Å². The van der Waals surface area contributed by atoms with Gasteiger partial charge in [-0.15, -0.1) is 0 Å². The topological polar surface area (TPSA) is 86.4 Å². The molecule has 0 spiro atoms. The van der Waals surface area contributed by atoms with Crippen LogP contribution < -0.4 is 10.5 Å². The summed E-state index contributed by atoms with van der Waals surface area (Å²) in [6.45, 7) is 5.42. The number of hydrogen-bond donors (Lipinski definition) is 1. The Kier molecular flexibility index (Phi) is 6.52. The van der Waals surface area contributed by atoms with E-state index in [0.29, 0.717) is 34.0 Å². The van der Waals surface area contributed by atoms with E-state index in [-0.39, 0.29) is 36.2 Å². The summed E-state index contributed by atoms with van der Waals surface area (Å²) in [5.74, 6) is -1.48. The highest BCUT2D eigenvalue weighted by Gasteiger charge is 2.34. The molecule has 0 saturated carbocycles. The van der Waals surface area contributed by atoms with Gasteiger partial charge < -0.3 is 9.80 Å². The Morgan fingerprint density at radius 2 is 1.94 bits per heavy atom. The van der Waals surface area contributed by atoms with E-state index in [2.05, 4.69) is 10.2 Å². The van der Waals surface area contributed by atoms with Gasteiger partial charge >= 0.3 is 0 Å². The minimum Gasteiger partial charge on any atom is -0.327 e. The summed E-state index contributed by atoms with van der Waals surface area (Å²) in [5, 5.41) is 7.06. The summed E-state index contributed by atoms with van der Waals surface area (Å²) in [6, 6.07) is 11.0. The number of carbonyl (C=O) groups excluding carboxylic acids is 2. The number of carbonyl (C=O) groups is 2. The first-order chi connectivity index (χ1) is 16.2. The predicted molar refractivity (Wildman–Crippen MR) is 128 cm³/mol. The molecule has 3 aromatic rings. The Balaban J connectivity index is 1.56. The molecule has 1 aliphatic heterocycles. The number of hydrogen-bond acceptors (Lipinski definition) is 4. The second kappa shape index (κ2) is 9.38. The normalized spacial score (nSPS) is 16.1. The molecule has 1 aromatic heterocycles. The Hall–Kier alpha value is -3.52. The van der Waals surface area contributed by atoms with Gasteiger partial charge in [0.1, 0.15) is 12.4 Å². The van der Waals surface area contributed by atoms with E-state index in [0.717, 1.165) is 5.56 Å².